The molecule has 1 aromatic carbocycles. The second-order valence-electron chi connectivity index (χ2n) is 11.3. The molecule has 3 amide bonds. The Hall–Kier alpha value is -2.58. The van der Waals surface area contributed by atoms with Gasteiger partial charge in [0.15, 0.2) is 0 Å². The van der Waals surface area contributed by atoms with Crippen LogP contribution in [0.5, 0.6) is 0 Å². The van der Waals surface area contributed by atoms with E-state index >= 15 is 0 Å². The van der Waals surface area contributed by atoms with Crippen LogP contribution in [0.3, 0.4) is 0 Å². The van der Waals surface area contributed by atoms with Crippen LogP contribution in [0.2, 0.25) is 0 Å². The Morgan fingerprint density at radius 1 is 1.21 bits per heavy atom. The van der Waals surface area contributed by atoms with Gasteiger partial charge in [-0.05, 0) is 38.2 Å². The van der Waals surface area contributed by atoms with Gasteiger partial charge in [-0.25, -0.2) is 0 Å². The Morgan fingerprint density at radius 2 is 1.90 bits per heavy atom. The molecule has 1 N–H and O–H groups in total. The molecule has 7 atom stereocenters. The molecule has 3 fully saturated rings. The van der Waals surface area contributed by atoms with Gasteiger partial charge in [0.1, 0.15) is 6.04 Å². The number of carbonyl (C=O) groups is 3. The van der Waals surface area contributed by atoms with Gasteiger partial charge in [0.2, 0.25) is 17.7 Å². The Morgan fingerprint density at radius 3 is 2.51 bits per heavy atom. The summed E-state index contributed by atoms with van der Waals surface area (Å²) in [5.41, 5.74) is 0.989. The van der Waals surface area contributed by atoms with E-state index in [9.17, 15) is 19.5 Å². The highest BCUT2D eigenvalue weighted by Crippen LogP contribution is 2.67. The Bertz CT molecular complexity index is 1080. The molecule has 0 aliphatic carbocycles. The number of rotatable bonds is 13. The van der Waals surface area contributed by atoms with Gasteiger partial charge in [0.05, 0.1) is 29.2 Å². The molecule has 39 heavy (non-hydrogen) atoms. The van der Waals surface area contributed by atoms with Gasteiger partial charge in [-0.15, -0.1) is 24.9 Å². The number of aliphatic hydroxyl groups excluding tert-OH is 1. The van der Waals surface area contributed by atoms with Crippen LogP contribution in [0.25, 0.3) is 0 Å². The second kappa shape index (κ2) is 12.3. The van der Waals surface area contributed by atoms with Crippen molar-refractivity contribution < 1.29 is 19.5 Å². The van der Waals surface area contributed by atoms with Crippen molar-refractivity contribution >= 4 is 29.5 Å². The fourth-order valence-electron chi connectivity index (χ4n) is 7.08. The molecule has 8 heteroatoms. The van der Waals surface area contributed by atoms with E-state index in [2.05, 4.69) is 20.1 Å². The SMILES string of the molecule is C=CCN(C)C(=O)[C@@H]1[C@H]2C(=O)N([C@@H](CO)Cc3ccccc3)C(C(=O)N(CC=C)C(C)CCC)C23CC[C@H]1S3. The number of likely N-dealkylation sites (tertiary alicyclic amines) is 1. The van der Waals surface area contributed by atoms with Crippen molar-refractivity contribution in [2.24, 2.45) is 11.8 Å². The summed E-state index contributed by atoms with van der Waals surface area (Å²) in [6.45, 7) is 12.3. The highest BCUT2D eigenvalue weighted by Gasteiger charge is 2.74. The summed E-state index contributed by atoms with van der Waals surface area (Å²) in [5.74, 6) is -1.42. The van der Waals surface area contributed by atoms with E-state index in [1.807, 2.05) is 42.2 Å². The predicted octanol–water partition coefficient (Wildman–Crippen LogP) is 3.53. The molecule has 3 aliphatic heterocycles. The standard InChI is InChI=1S/C31H43N3O4S/c1-6-12-21(4)33(18-8-3)30(38)27-31-16-15-24(39-31)25(28(36)32(5)17-7-2)26(31)29(37)34(27)23(20-35)19-22-13-10-9-11-14-22/h7-11,13-14,21,23-27,35H,2-3,6,12,15-20H2,1,4-5H3/t21?,23-,24-,25+,26+,27?,31?/m1/s1. The third-order valence-electron chi connectivity index (χ3n) is 8.80. The normalized spacial score (nSPS) is 28.6. The molecule has 1 aromatic rings. The summed E-state index contributed by atoms with van der Waals surface area (Å²) in [5, 5.41) is 10.6. The van der Waals surface area contributed by atoms with Gasteiger partial charge in [0, 0.05) is 31.4 Å². The summed E-state index contributed by atoms with van der Waals surface area (Å²) < 4.78 is -0.691. The number of thioether (sulfide) groups is 1. The minimum Gasteiger partial charge on any atom is -0.394 e. The molecule has 4 rings (SSSR count). The summed E-state index contributed by atoms with van der Waals surface area (Å²) in [6.07, 6.45) is 7.13. The van der Waals surface area contributed by atoms with E-state index in [0.29, 0.717) is 25.9 Å². The first-order valence-corrected chi connectivity index (χ1v) is 15.1. The lowest BCUT2D eigenvalue weighted by molar-refractivity contribution is -0.147. The summed E-state index contributed by atoms with van der Waals surface area (Å²) >= 11 is 1.67. The van der Waals surface area contributed by atoms with Gasteiger partial charge in [-0.2, -0.15) is 0 Å². The molecule has 0 saturated carbocycles. The first kappa shape index (κ1) is 29.4. The first-order chi connectivity index (χ1) is 18.7. The van der Waals surface area contributed by atoms with Crippen molar-refractivity contribution in [1.82, 2.24) is 14.7 Å². The molecule has 3 saturated heterocycles. The third kappa shape index (κ3) is 5.18. The van der Waals surface area contributed by atoms with E-state index in [1.165, 1.54) is 0 Å². The number of hydrogen-bond donors (Lipinski definition) is 1. The van der Waals surface area contributed by atoms with Crippen molar-refractivity contribution in [3.05, 3.63) is 61.2 Å². The maximum absolute atomic E-state index is 14.6. The zero-order valence-corrected chi connectivity index (χ0v) is 24.3. The van der Waals surface area contributed by atoms with E-state index in [1.54, 1.807) is 40.8 Å². The highest BCUT2D eigenvalue weighted by atomic mass is 32.2. The number of hydrogen-bond acceptors (Lipinski definition) is 5. The van der Waals surface area contributed by atoms with Crippen LogP contribution in [-0.2, 0) is 20.8 Å². The van der Waals surface area contributed by atoms with Crippen molar-refractivity contribution in [3.63, 3.8) is 0 Å². The van der Waals surface area contributed by atoms with Crippen LogP contribution in [0.1, 0.15) is 45.1 Å². The Balaban J connectivity index is 1.79. The average molecular weight is 554 g/mol. The number of benzene rings is 1. The predicted molar refractivity (Wildman–Crippen MR) is 156 cm³/mol. The van der Waals surface area contributed by atoms with Crippen LogP contribution in [0.4, 0.5) is 0 Å². The quantitative estimate of drug-likeness (QED) is 0.378. The van der Waals surface area contributed by atoms with Crippen molar-refractivity contribution in [2.75, 3.05) is 26.7 Å². The van der Waals surface area contributed by atoms with Crippen LogP contribution >= 0.6 is 11.8 Å². The van der Waals surface area contributed by atoms with E-state index in [-0.39, 0.29) is 35.6 Å². The zero-order chi connectivity index (χ0) is 28.3. The number of likely N-dealkylation sites (N-methyl/N-ethyl adjacent to an activating group) is 1. The Kier molecular flexibility index (Phi) is 9.27. The van der Waals surface area contributed by atoms with Gasteiger partial charge in [-0.1, -0.05) is 55.8 Å². The average Bonchev–Trinajstić information content (AvgIpc) is 3.58. The molecule has 1 spiro atoms. The monoisotopic (exact) mass is 553 g/mol. The zero-order valence-electron chi connectivity index (χ0n) is 23.5. The van der Waals surface area contributed by atoms with Crippen molar-refractivity contribution in [2.45, 2.75) is 74.1 Å². The molecule has 3 unspecified atom stereocenters. The molecule has 7 nitrogen and oxygen atoms in total. The highest BCUT2D eigenvalue weighted by molar-refractivity contribution is 8.02. The number of carbonyl (C=O) groups excluding carboxylic acids is 3. The first-order valence-electron chi connectivity index (χ1n) is 14.2. The smallest absolute Gasteiger partial charge is 0.247 e. The maximum atomic E-state index is 14.6. The second-order valence-corrected chi connectivity index (χ2v) is 12.9. The fourth-order valence-corrected chi connectivity index (χ4v) is 9.27. The van der Waals surface area contributed by atoms with Crippen LogP contribution < -0.4 is 0 Å². The lowest BCUT2D eigenvalue weighted by Crippen LogP contribution is -2.59. The van der Waals surface area contributed by atoms with Gasteiger partial charge in [0.25, 0.3) is 0 Å². The summed E-state index contributed by atoms with van der Waals surface area (Å²) in [4.78, 5) is 47.9. The fraction of sp³-hybridized carbons (Fsp3) is 0.581. The van der Waals surface area contributed by atoms with E-state index in [4.69, 9.17) is 0 Å². The topological polar surface area (TPSA) is 81.2 Å². The van der Waals surface area contributed by atoms with E-state index in [0.717, 1.165) is 24.8 Å². The van der Waals surface area contributed by atoms with Crippen molar-refractivity contribution in [1.29, 1.82) is 0 Å². The third-order valence-corrected chi connectivity index (χ3v) is 10.8. The molecule has 3 heterocycles. The number of nitrogens with zero attached hydrogens (tertiary/aromatic N) is 3. The largest absolute Gasteiger partial charge is 0.394 e. The van der Waals surface area contributed by atoms with Crippen LogP contribution in [-0.4, -0.2) is 92.4 Å². The minimum absolute atomic E-state index is 0.00113. The number of fused-ring (bicyclic) bond motifs is 1. The lowest BCUT2D eigenvalue weighted by atomic mass is 9.70. The van der Waals surface area contributed by atoms with Gasteiger partial charge < -0.3 is 19.8 Å². The van der Waals surface area contributed by atoms with Gasteiger partial charge in [-0.3, -0.25) is 14.4 Å². The van der Waals surface area contributed by atoms with Crippen molar-refractivity contribution in [3.8, 4) is 0 Å². The maximum Gasteiger partial charge on any atom is 0.247 e. The van der Waals surface area contributed by atoms with Gasteiger partial charge >= 0.3 is 0 Å². The molecule has 212 valence electrons. The summed E-state index contributed by atoms with van der Waals surface area (Å²) in [7, 11) is 1.75. The Labute approximate surface area is 237 Å². The number of amides is 3. The molecular formula is C31H43N3O4S. The molecule has 2 bridgehead atoms. The molecule has 3 aliphatic rings. The molecule has 0 aromatic heterocycles. The molecule has 0 radical (unpaired) electrons. The lowest BCUT2D eigenvalue weighted by Gasteiger charge is -2.41. The minimum atomic E-state index is -0.743. The summed E-state index contributed by atoms with van der Waals surface area (Å²) in [6, 6.07) is 8.43. The van der Waals surface area contributed by atoms with E-state index < -0.39 is 28.7 Å². The molecular weight excluding hydrogens is 510 g/mol. The van der Waals surface area contributed by atoms with Crippen LogP contribution in [0.15, 0.2) is 55.6 Å². The number of aliphatic hydroxyl groups is 1. The van der Waals surface area contributed by atoms with Crippen LogP contribution in [0, 0.1) is 11.8 Å².